The van der Waals surface area contributed by atoms with E-state index in [1.807, 2.05) is 12.3 Å². The van der Waals surface area contributed by atoms with Gasteiger partial charge in [-0.3, -0.25) is 4.79 Å². The minimum atomic E-state index is -0.357. The molecule has 3 rings (SSSR count). The molecule has 0 atom stereocenters. The zero-order chi connectivity index (χ0) is 20.5. The van der Waals surface area contributed by atoms with E-state index in [1.54, 1.807) is 54.0 Å². The monoisotopic (exact) mass is 410 g/mol. The zero-order valence-corrected chi connectivity index (χ0v) is 16.9. The fourth-order valence-corrected chi connectivity index (χ4v) is 3.00. The number of ether oxygens (including phenoxy) is 2. The zero-order valence-electron chi connectivity index (χ0n) is 16.1. The molecular weight excluding hydrogens is 388 g/mol. The molecule has 0 unspecified atom stereocenters. The highest BCUT2D eigenvalue weighted by Crippen LogP contribution is 2.17. The molecule has 0 aliphatic rings. The summed E-state index contributed by atoms with van der Waals surface area (Å²) in [6.45, 7) is 2.84. The summed E-state index contributed by atoms with van der Waals surface area (Å²) in [6.07, 6.45) is 1.81. The van der Waals surface area contributed by atoms with Crippen LogP contribution in [0, 0.1) is 0 Å². The number of carbonyl (C=O) groups is 2. The smallest absolute Gasteiger partial charge is 0.338 e. The average molecular weight is 410 g/mol. The minimum Gasteiger partial charge on any atom is -0.487 e. The van der Waals surface area contributed by atoms with Gasteiger partial charge in [0, 0.05) is 16.6 Å². The Morgan fingerprint density at radius 2 is 1.76 bits per heavy atom. The first-order valence-corrected chi connectivity index (χ1v) is 10.3. The van der Waals surface area contributed by atoms with Crippen LogP contribution in [-0.4, -0.2) is 23.5 Å². The topological polar surface area (TPSA) is 77.5 Å². The summed E-state index contributed by atoms with van der Waals surface area (Å²) >= 11 is 1.52. The van der Waals surface area contributed by atoms with Crippen LogP contribution in [0.15, 0.2) is 59.4 Å². The van der Waals surface area contributed by atoms with Crippen molar-refractivity contribution in [2.75, 3.05) is 11.9 Å². The number of carbonyl (C=O) groups excluding carboxylic acids is 2. The van der Waals surface area contributed by atoms with Crippen molar-refractivity contribution in [1.29, 1.82) is 0 Å². The second kappa shape index (κ2) is 10.4. The lowest BCUT2D eigenvalue weighted by Gasteiger charge is -2.08. The average Bonchev–Trinajstić information content (AvgIpc) is 3.27. The molecule has 150 valence electrons. The molecule has 0 aliphatic heterocycles. The van der Waals surface area contributed by atoms with Gasteiger partial charge in [0.15, 0.2) is 0 Å². The minimum absolute atomic E-state index is 0.241. The maximum absolute atomic E-state index is 12.4. The maximum Gasteiger partial charge on any atom is 0.338 e. The number of unbranched alkanes of at least 4 members (excludes halogenated alkanes) is 1. The van der Waals surface area contributed by atoms with Gasteiger partial charge >= 0.3 is 5.97 Å². The summed E-state index contributed by atoms with van der Waals surface area (Å²) in [4.78, 5) is 28.5. The van der Waals surface area contributed by atoms with Crippen LogP contribution in [0.3, 0.4) is 0 Å². The summed E-state index contributed by atoms with van der Waals surface area (Å²) in [5.74, 6) is 0.0689. The molecule has 0 bridgehead atoms. The Bertz CT molecular complexity index is 922. The number of benzene rings is 2. The largest absolute Gasteiger partial charge is 0.487 e. The number of aromatic nitrogens is 1. The molecule has 0 aliphatic carbocycles. The predicted molar refractivity (Wildman–Crippen MR) is 112 cm³/mol. The molecular formula is C22H22N2O4S. The van der Waals surface area contributed by atoms with Crippen molar-refractivity contribution in [2.24, 2.45) is 0 Å². The second-order valence-electron chi connectivity index (χ2n) is 6.31. The second-order valence-corrected chi connectivity index (χ2v) is 7.03. The Labute approximate surface area is 173 Å². The fraction of sp³-hybridized carbons (Fsp3) is 0.227. The number of nitrogens with one attached hydrogen (secondary N) is 1. The van der Waals surface area contributed by atoms with Crippen molar-refractivity contribution in [1.82, 2.24) is 4.98 Å². The number of esters is 1. The van der Waals surface area contributed by atoms with Crippen LogP contribution in [0.2, 0.25) is 0 Å². The van der Waals surface area contributed by atoms with Gasteiger partial charge in [0.1, 0.15) is 12.4 Å². The molecule has 0 radical (unpaired) electrons. The normalized spacial score (nSPS) is 10.4. The van der Waals surface area contributed by atoms with Crippen molar-refractivity contribution in [3.8, 4) is 5.75 Å². The van der Waals surface area contributed by atoms with Crippen molar-refractivity contribution in [3.63, 3.8) is 0 Å². The molecule has 0 saturated heterocycles. The third kappa shape index (κ3) is 6.15. The molecule has 1 heterocycles. The Hall–Kier alpha value is -3.19. The summed E-state index contributed by atoms with van der Waals surface area (Å²) in [5, 5.41) is 4.74. The lowest BCUT2D eigenvalue weighted by Crippen LogP contribution is -2.12. The number of hydrogen-bond donors (Lipinski definition) is 1. The predicted octanol–water partition coefficient (Wildman–Crippen LogP) is 4.93. The molecule has 1 aromatic heterocycles. The Kier molecular flexibility index (Phi) is 7.35. The Morgan fingerprint density at radius 3 is 2.41 bits per heavy atom. The van der Waals surface area contributed by atoms with Crippen molar-refractivity contribution in [3.05, 3.63) is 76.2 Å². The molecule has 2 aromatic carbocycles. The number of hydrogen-bond acceptors (Lipinski definition) is 6. The van der Waals surface area contributed by atoms with Crippen LogP contribution in [0.1, 0.15) is 46.2 Å². The van der Waals surface area contributed by atoms with Gasteiger partial charge < -0.3 is 14.8 Å². The third-order valence-electron chi connectivity index (χ3n) is 4.10. The highest BCUT2D eigenvalue weighted by molar-refractivity contribution is 7.07. The van der Waals surface area contributed by atoms with Gasteiger partial charge in [-0.25, -0.2) is 9.78 Å². The number of rotatable bonds is 9. The summed E-state index contributed by atoms with van der Waals surface area (Å²) in [7, 11) is 0. The van der Waals surface area contributed by atoms with Crippen LogP contribution < -0.4 is 10.1 Å². The van der Waals surface area contributed by atoms with Gasteiger partial charge in [-0.15, -0.1) is 11.3 Å². The van der Waals surface area contributed by atoms with E-state index < -0.39 is 0 Å². The first-order chi connectivity index (χ1) is 14.2. The first-order valence-electron chi connectivity index (χ1n) is 9.34. The number of thiazole rings is 1. The van der Waals surface area contributed by atoms with Crippen molar-refractivity contribution in [2.45, 2.75) is 26.4 Å². The van der Waals surface area contributed by atoms with Crippen molar-refractivity contribution < 1.29 is 19.1 Å². The van der Waals surface area contributed by atoms with Crippen molar-refractivity contribution >= 4 is 28.9 Å². The van der Waals surface area contributed by atoms with E-state index in [0.717, 1.165) is 18.5 Å². The van der Waals surface area contributed by atoms with E-state index in [1.165, 1.54) is 11.3 Å². The SMILES string of the molecule is CCCCOC(=O)c1ccc(NC(=O)c2ccc(OCc3cscn3)cc2)cc1. The highest BCUT2D eigenvalue weighted by atomic mass is 32.1. The van der Waals surface area contributed by atoms with Gasteiger partial charge in [-0.1, -0.05) is 13.3 Å². The van der Waals surface area contributed by atoms with E-state index in [4.69, 9.17) is 9.47 Å². The third-order valence-corrected chi connectivity index (χ3v) is 4.73. The van der Waals surface area contributed by atoms with Gasteiger partial charge in [0.05, 0.1) is 23.4 Å². The summed E-state index contributed by atoms with van der Waals surface area (Å²) in [6, 6.07) is 13.5. The van der Waals surface area contributed by atoms with Gasteiger partial charge in [-0.05, 0) is 55.0 Å². The van der Waals surface area contributed by atoms with Crippen LogP contribution >= 0.6 is 11.3 Å². The van der Waals surface area contributed by atoms with E-state index in [2.05, 4.69) is 10.3 Å². The lowest BCUT2D eigenvalue weighted by atomic mass is 10.1. The van der Waals surface area contributed by atoms with Crippen LogP contribution in [-0.2, 0) is 11.3 Å². The van der Waals surface area contributed by atoms with Gasteiger partial charge in [-0.2, -0.15) is 0 Å². The number of nitrogens with zero attached hydrogens (tertiary/aromatic N) is 1. The number of amides is 1. The molecule has 6 nitrogen and oxygen atoms in total. The van der Waals surface area contributed by atoms with Crippen LogP contribution in [0.25, 0.3) is 0 Å². The molecule has 0 saturated carbocycles. The molecule has 0 spiro atoms. The molecule has 29 heavy (non-hydrogen) atoms. The quantitative estimate of drug-likeness (QED) is 0.400. The standard InChI is InChI=1S/C22H22N2O4S/c1-2-3-12-27-22(26)17-4-8-18(9-5-17)24-21(25)16-6-10-20(11-7-16)28-13-19-14-29-15-23-19/h4-11,14-15H,2-3,12-13H2,1H3,(H,24,25). The van der Waals surface area contributed by atoms with E-state index in [-0.39, 0.29) is 11.9 Å². The summed E-state index contributed by atoms with van der Waals surface area (Å²) in [5.41, 5.74) is 4.20. The fourth-order valence-electron chi connectivity index (χ4n) is 2.45. The van der Waals surface area contributed by atoms with Gasteiger partial charge in [0.25, 0.3) is 5.91 Å². The molecule has 0 fully saturated rings. The van der Waals surface area contributed by atoms with E-state index in [0.29, 0.717) is 35.8 Å². The van der Waals surface area contributed by atoms with Crippen LogP contribution in [0.5, 0.6) is 5.75 Å². The van der Waals surface area contributed by atoms with E-state index >= 15 is 0 Å². The lowest BCUT2D eigenvalue weighted by molar-refractivity contribution is 0.0499. The van der Waals surface area contributed by atoms with Crippen LogP contribution in [0.4, 0.5) is 5.69 Å². The number of anilines is 1. The summed E-state index contributed by atoms with van der Waals surface area (Å²) < 4.78 is 10.8. The molecule has 7 heteroatoms. The van der Waals surface area contributed by atoms with E-state index in [9.17, 15) is 9.59 Å². The Morgan fingerprint density at radius 1 is 1.03 bits per heavy atom. The van der Waals surface area contributed by atoms with Gasteiger partial charge in [0.2, 0.25) is 0 Å². The maximum atomic E-state index is 12.4. The Balaban J connectivity index is 1.52. The molecule has 1 amide bonds. The molecule has 3 aromatic rings. The first kappa shape index (κ1) is 20.5. The molecule has 1 N–H and O–H groups in total. The highest BCUT2D eigenvalue weighted by Gasteiger charge is 2.09.